The molecule has 0 aliphatic carbocycles. The van der Waals surface area contributed by atoms with E-state index in [1.165, 1.54) is 36.4 Å². The van der Waals surface area contributed by atoms with Gasteiger partial charge in [-0.05, 0) is 48.0 Å². The molecule has 4 rings (SSSR count). The SMILES string of the molecule is O=S(=O)(NCCO)c1cccc(-c2ccc3nccc(-c4ccc(OC(F)(F)F)cc4)c3n2)c1. The minimum absolute atomic E-state index is 0.0204. The van der Waals surface area contributed by atoms with E-state index in [2.05, 4.69) is 19.4 Å². The topological polar surface area (TPSA) is 101 Å². The van der Waals surface area contributed by atoms with Gasteiger partial charge >= 0.3 is 6.36 Å². The lowest BCUT2D eigenvalue weighted by Gasteiger charge is -2.11. The van der Waals surface area contributed by atoms with Gasteiger partial charge in [-0.3, -0.25) is 4.98 Å². The van der Waals surface area contributed by atoms with Crippen molar-refractivity contribution in [2.75, 3.05) is 13.2 Å². The zero-order valence-electron chi connectivity index (χ0n) is 17.5. The molecule has 0 bridgehead atoms. The first-order chi connectivity index (χ1) is 16.2. The summed E-state index contributed by atoms with van der Waals surface area (Å²) in [6.07, 6.45) is -3.21. The molecule has 0 atom stereocenters. The van der Waals surface area contributed by atoms with Crippen molar-refractivity contribution in [2.24, 2.45) is 0 Å². The third-order valence-electron chi connectivity index (χ3n) is 4.83. The highest BCUT2D eigenvalue weighted by molar-refractivity contribution is 7.89. The van der Waals surface area contributed by atoms with Gasteiger partial charge in [0.15, 0.2) is 0 Å². The van der Waals surface area contributed by atoms with Crippen LogP contribution in [0.15, 0.2) is 77.8 Å². The van der Waals surface area contributed by atoms with E-state index in [-0.39, 0.29) is 23.8 Å². The number of hydrogen-bond acceptors (Lipinski definition) is 6. The molecule has 0 spiro atoms. The van der Waals surface area contributed by atoms with Crippen molar-refractivity contribution in [3.63, 3.8) is 0 Å². The molecule has 0 aliphatic heterocycles. The Morgan fingerprint density at radius 1 is 0.971 bits per heavy atom. The number of rotatable bonds is 7. The quantitative estimate of drug-likeness (QED) is 0.405. The third-order valence-corrected chi connectivity index (χ3v) is 6.29. The third kappa shape index (κ3) is 5.33. The van der Waals surface area contributed by atoms with Gasteiger partial charge in [0.05, 0.1) is 28.2 Å². The number of hydrogen-bond donors (Lipinski definition) is 2. The van der Waals surface area contributed by atoms with Crippen molar-refractivity contribution < 1.29 is 31.4 Å². The number of sulfonamides is 1. The Kier molecular flexibility index (Phi) is 6.51. The number of alkyl halides is 3. The summed E-state index contributed by atoms with van der Waals surface area (Å²) in [4.78, 5) is 8.97. The van der Waals surface area contributed by atoms with E-state index in [0.29, 0.717) is 33.4 Å². The lowest BCUT2D eigenvalue weighted by molar-refractivity contribution is -0.274. The Hall–Kier alpha value is -3.54. The molecule has 7 nitrogen and oxygen atoms in total. The Morgan fingerprint density at radius 2 is 1.74 bits per heavy atom. The lowest BCUT2D eigenvalue weighted by Crippen LogP contribution is -2.26. The van der Waals surface area contributed by atoms with Gasteiger partial charge in [0, 0.05) is 23.9 Å². The van der Waals surface area contributed by atoms with Gasteiger partial charge in [-0.25, -0.2) is 18.1 Å². The first kappa shape index (κ1) is 23.6. The Bertz CT molecular complexity index is 1430. The van der Waals surface area contributed by atoms with Crippen LogP contribution in [0.2, 0.25) is 0 Å². The number of nitrogens with zero attached hydrogens (tertiary/aromatic N) is 2. The predicted molar refractivity (Wildman–Crippen MR) is 119 cm³/mol. The zero-order chi connectivity index (χ0) is 24.3. The first-order valence-electron chi connectivity index (χ1n) is 9.99. The van der Waals surface area contributed by atoms with Gasteiger partial charge in [-0.15, -0.1) is 13.2 Å². The highest BCUT2D eigenvalue weighted by Crippen LogP contribution is 2.31. The van der Waals surface area contributed by atoms with Crippen LogP contribution in [0.4, 0.5) is 13.2 Å². The van der Waals surface area contributed by atoms with E-state index in [1.54, 1.807) is 36.5 Å². The van der Waals surface area contributed by atoms with Crippen molar-refractivity contribution in [1.29, 1.82) is 0 Å². The molecule has 0 saturated carbocycles. The van der Waals surface area contributed by atoms with Crippen LogP contribution in [0.25, 0.3) is 33.4 Å². The molecule has 2 N–H and O–H groups in total. The molecular weight excluding hydrogens is 471 g/mol. The highest BCUT2D eigenvalue weighted by Gasteiger charge is 2.31. The Balaban J connectivity index is 1.73. The summed E-state index contributed by atoms with van der Waals surface area (Å²) in [6, 6.07) is 16.7. The van der Waals surface area contributed by atoms with Gasteiger partial charge in [0.2, 0.25) is 10.0 Å². The number of aliphatic hydroxyl groups is 1. The van der Waals surface area contributed by atoms with Crippen molar-refractivity contribution in [1.82, 2.24) is 14.7 Å². The van der Waals surface area contributed by atoms with Gasteiger partial charge in [-0.1, -0.05) is 24.3 Å². The second-order valence-corrected chi connectivity index (χ2v) is 8.91. The monoisotopic (exact) mass is 489 g/mol. The number of nitrogens with one attached hydrogen (secondary N) is 1. The average Bonchev–Trinajstić information content (AvgIpc) is 2.82. The maximum absolute atomic E-state index is 12.4. The highest BCUT2D eigenvalue weighted by atomic mass is 32.2. The molecule has 2 aromatic carbocycles. The summed E-state index contributed by atoms with van der Waals surface area (Å²) in [7, 11) is -3.81. The van der Waals surface area contributed by atoms with E-state index in [0.717, 1.165) is 0 Å². The zero-order valence-corrected chi connectivity index (χ0v) is 18.3. The van der Waals surface area contributed by atoms with Crippen molar-refractivity contribution in [2.45, 2.75) is 11.3 Å². The molecule has 0 saturated heterocycles. The smallest absolute Gasteiger partial charge is 0.406 e. The Morgan fingerprint density at radius 3 is 2.44 bits per heavy atom. The maximum atomic E-state index is 12.4. The second-order valence-electron chi connectivity index (χ2n) is 7.14. The fraction of sp³-hybridized carbons (Fsp3) is 0.130. The Labute approximate surface area is 192 Å². The van der Waals surface area contributed by atoms with Crippen LogP contribution in [0, 0.1) is 0 Å². The van der Waals surface area contributed by atoms with E-state index in [9.17, 15) is 21.6 Å². The molecule has 0 fully saturated rings. The number of pyridine rings is 2. The molecule has 11 heteroatoms. The number of halogens is 3. The minimum atomic E-state index is -4.78. The van der Waals surface area contributed by atoms with Gasteiger partial charge in [0.25, 0.3) is 0 Å². The van der Waals surface area contributed by atoms with Crippen molar-refractivity contribution >= 4 is 21.1 Å². The van der Waals surface area contributed by atoms with Gasteiger partial charge in [0.1, 0.15) is 5.75 Å². The number of fused-ring (bicyclic) bond motifs is 1. The van der Waals surface area contributed by atoms with E-state index in [4.69, 9.17) is 5.11 Å². The van der Waals surface area contributed by atoms with Gasteiger partial charge in [-0.2, -0.15) is 0 Å². The summed E-state index contributed by atoms with van der Waals surface area (Å²) in [5, 5.41) is 8.89. The first-order valence-corrected chi connectivity index (χ1v) is 11.5. The molecule has 34 heavy (non-hydrogen) atoms. The van der Waals surface area contributed by atoms with Crippen LogP contribution in [0.1, 0.15) is 0 Å². The summed E-state index contributed by atoms with van der Waals surface area (Å²) in [6.45, 7) is -0.438. The fourth-order valence-electron chi connectivity index (χ4n) is 3.34. The fourth-order valence-corrected chi connectivity index (χ4v) is 4.41. The van der Waals surface area contributed by atoms with E-state index >= 15 is 0 Å². The molecule has 0 aliphatic rings. The molecule has 0 radical (unpaired) electrons. The number of ether oxygens (including phenoxy) is 1. The average molecular weight is 489 g/mol. The molecule has 2 aromatic heterocycles. The van der Waals surface area contributed by atoms with Crippen LogP contribution in [-0.4, -0.2) is 43.0 Å². The lowest BCUT2D eigenvalue weighted by atomic mass is 10.0. The van der Waals surface area contributed by atoms with Crippen molar-refractivity contribution in [3.05, 3.63) is 72.9 Å². The number of aromatic nitrogens is 2. The van der Waals surface area contributed by atoms with Crippen LogP contribution >= 0.6 is 0 Å². The van der Waals surface area contributed by atoms with Crippen LogP contribution in [0.5, 0.6) is 5.75 Å². The molecule has 176 valence electrons. The second kappa shape index (κ2) is 9.37. The molecule has 0 amide bonds. The number of aliphatic hydroxyl groups excluding tert-OH is 1. The summed E-state index contributed by atoms with van der Waals surface area (Å²) in [5.74, 6) is -0.337. The van der Waals surface area contributed by atoms with Gasteiger partial charge < -0.3 is 9.84 Å². The summed E-state index contributed by atoms with van der Waals surface area (Å²) >= 11 is 0. The summed E-state index contributed by atoms with van der Waals surface area (Å²) in [5.41, 5.74) is 3.33. The maximum Gasteiger partial charge on any atom is 0.573 e. The van der Waals surface area contributed by atoms with E-state index in [1.807, 2.05) is 0 Å². The summed E-state index contributed by atoms with van der Waals surface area (Å²) < 4.78 is 68.4. The minimum Gasteiger partial charge on any atom is -0.406 e. The molecule has 4 aromatic rings. The van der Waals surface area contributed by atoms with Crippen LogP contribution in [-0.2, 0) is 10.0 Å². The van der Waals surface area contributed by atoms with Crippen LogP contribution < -0.4 is 9.46 Å². The number of benzene rings is 2. The standard InChI is InChI=1S/C23H18F3N3O4S/c24-23(25,26)33-17-6-4-15(5-7-17)19-10-11-27-21-9-8-20(29-22(19)21)16-2-1-3-18(14-16)34(31,32)28-12-13-30/h1-11,14,28,30H,12-13H2. The molecular formula is C23H18F3N3O4S. The normalized spacial score (nSPS) is 12.1. The molecule has 0 unspecified atom stereocenters. The molecule has 2 heterocycles. The van der Waals surface area contributed by atoms with Crippen molar-refractivity contribution in [3.8, 4) is 28.1 Å². The predicted octanol–water partition coefficient (Wildman–Crippen LogP) is 4.13. The van der Waals surface area contributed by atoms with Crippen LogP contribution in [0.3, 0.4) is 0 Å². The van der Waals surface area contributed by atoms with E-state index < -0.39 is 16.4 Å². The largest absolute Gasteiger partial charge is 0.573 e.